The molecule has 0 unspecified atom stereocenters. The van der Waals surface area contributed by atoms with Gasteiger partial charge < -0.3 is 15.5 Å². The molecule has 0 aromatic rings. The fraction of sp³-hybridized carbons (Fsp3) is 0.738. The number of carbonyl (C=O) groups excluding carboxylic acids is 1. The molecule has 1 amide bonds. The summed E-state index contributed by atoms with van der Waals surface area (Å²) in [7, 11) is 0. The van der Waals surface area contributed by atoms with Crippen molar-refractivity contribution in [2.45, 2.75) is 193 Å². The number of nitrogens with one attached hydrogen (secondary N) is 1. The van der Waals surface area contributed by atoms with E-state index in [-0.39, 0.29) is 12.5 Å². The zero-order chi connectivity index (χ0) is 33.6. The molecule has 266 valence electrons. The average molecular weight is 642 g/mol. The van der Waals surface area contributed by atoms with Crippen LogP contribution in [-0.2, 0) is 4.79 Å². The highest BCUT2D eigenvalue weighted by molar-refractivity contribution is 5.76. The molecule has 0 aromatic heterocycles. The topological polar surface area (TPSA) is 69.6 Å². The van der Waals surface area contributed by atoms with Gasteiger partial charge in [0.15, 0.2) is 0 Å². The van der Waals surface area contributed by atoms with Crippen molar-refractivity contribution in [3.8, 4) is 0 Å². The molecule has 0 aliphatic rings. The Kier molecular flexibility index (Phi) is 36.0. The molecule has 0 fully saturated rings. The summed E-state index contributed by atoms with van der Waals surface area (Å²) in [6, 6.07) is -0.582. The first-order valence-electron chi connectivity index (χ1n) is 19.5. The smallest absolute Gasteiger partial charge is 0.220 e. The van der Waals surface area contributed by atoms with Gasteiger partial charge in [0.05, 0.1) is 18.8 Å². The van der Waals surface area contributed by atoms with Crippen molar-refractivity contribution < 1.29 is 15.0 Å². The van der Waals surface area contributed by atoms with Gasteiger partial charge in [0.1, 0.15) is 0 Å². The third-order valence-electron chi connectivity index (χ3n) is 8.50. The van der Waals surface area contributed by atoms with Gasteiger partial charge in [0.25, 0.3) is 0 Å². The molecule has 0 aliphatic carbocycles. The van der Waals surface area contributed by atoms with Crippen molar-refractivity contribution in [1.82, 2.24) is 5.32 Å². The lowest BCUT2D eigenvalue weighted by molar-refractivity contribution is -0.123. The van der Waals surface area contributed by atoms with Gasteiger partial charge in [-0.05, 0) is 77.0 Å². The highest BCUT2D eigenvalue weighted by Crippen LogP contribution is 2.12. The average Bonchev–Trinajstić information content (AvgIpc) is 3.06. The molecule has 0 spiro atoms. The van der Waals surface area contributed by atoms with Crippen LogP contribution in [0.15, 0.2) is 60.8 Å². The molecule has 4 heteroatoms. The molecule has 0 radical (unpaired) electrons. The Morgan fingerprint density at radius 2 is 0.891 bits per heavy atom. The molecule has 0 rings (SSSR count). The van der Waals surface area contributed by atoms with E-state index in [0.29, 0.717) is 12.8 Å². The lowest BCUT2D eigenvalue weighted by atomic mass is 10.0. The lowest BCUT2D eigenvalue weighted by Gasteiger charge is -2.22. The number of rotatable bonds is 34. The molecule has 3 N–H and O–H groups in total. The number of hydrogen-bond acceptors (Lipinski definition) is 3. The summed E-state index contributed by atoms with van der Waals surface area (Å²) in [4.78, 5) is 12.3. The number of carbonyl (C=O) groups is 1. The van der Waals surface area contributed by atoms with Crippen molar-refractivity contribution in [2.24, 2.45) is 0 Å². The standard InChI is InChI=1S/C42H75NO3/c1-3-5-7-9-11-13-15-17-18-19-20-21-22-23-24-26-28-30-32-34-36-38-42(46)43-40(39-44)41(45)37-35-33-31-29-27-25-16-14-12-10-8-6-4-2/h18-19,21-22,24,26-27,29-30,32,40-41,44-45H,3-17,20,23,25,28,31,33-39H2,1-2H3,(H,43,46)/b19-18+,22-21+,26-24+,29-27+,32-30+/t40-,41+/m0/s1. The summed E-state index contributed by atoms with van der Waals surface area (Å²) in [5.74, 6) is -0.0980. The maximum Gasteiger partial charge on any atom is 0.220 e. The Morgan fingerprint density at radius 1 is 0.522 bits per heavy atom. The van der Waals surface area contributed by atoms with Gasteiger partial charge in [0.2, 0.25) is 5.91 Å². The van der Waals surface area contributed by atoms with Crippen LogP contribution in [0, 0.1) is 0 Å². The predicted octanol–water partition coefficient (Wildman–Crippen LogP) is 11.8. The number of unbranched alkanes of at least 4 members (excludes halogenated alkanes) is 17. The van der Waals surface area contributed by atoms with E-state index in [4.69, 9.17) is 0 Å². The number of amides is 1. The zero-order valence-electron chi connectivity index (χ0n) is 30.3. The SMILES string of the molecule is CCCCCCCCC/C=C/C/C=C/C/C=C/C/C=C/CCCC(=O)N[C@@H](CO)[C@H](O)CCCC/C=C/CCCCCCCCC. The highest BCUT2D eigenvalue weighted by atomic mass is 16.3. The van der Waals surface area contributed by atoms with Crippen LogP contribution in [0.25, 0.3) is 0 Å². The van der Waals surface area contributed by atoms with E-state index >= 15 is 0 Å². The Morgan fingerprint density at radius 3 is 1.35 bits per heavy atom. The minimum Gasteiger partial charge on any atom is -0.394 e. The monoisotopic (exact) mass is 642 g/mol. The van der Waals surface area contributed by atoms with Gasteiger partial charge in [-0.1, -0.05) is 158 Å². The first-order valence-corrected chi connectivity index (χ1v) is 19.5. The molecule has 46 heavy (non-hydrogen) atoms. The Balaban J connectivity index is 3.73. The van der Waals surface area contributed by atoms with E-state index in [2.05, 4.69) is 79.9 Å². The van der Waals surface area contributed by atoms with Crippen LogP contribution in [0.4, 0.5) is 0 Å². The summed E-state index contributed by atoms with van der Waals surface area (Å²) in [5, 5.41) is 23.0. The second-order valence-electron chi connectivity index (χ2n) is 13.0. The second kappa shape index (κ2) is 37.5. The minimum absolute atomic E-state index is 0.0980. The van der Waals surface area contributed by atoms with Crippen LogP contribution in [0.3, 0.4) is 0 Å². The maximum atomic E-state index is 12.3. The molecule has 0 aromatic carbocycles. The summed E-state index contributed by atoms with van der Waals surface area (Å²) in [6.07, 6.45) is 51.4. The summed E-state index contributed by atoms with van der Waals surface area (Å²) < 4.78 is 0. The third-order valence-corrected chi connectivity index (χ3v) is 8.50. The van der Waals surface area contributed by atoms with E-state index in [0.717, 1.165) is 57.8 Å². The summed E-state index contributed by atoms with van der Waals surface area (Å²) in [6.45, 7) is 4.29. The fourth-order valence-electron chi connectivity index (χ4n) is 5.46. The molecule has 0 saturated heterocycles. The van der Waals surface area contributed by atoms with E-state index in [9.17, 15) is 15.0 Å². The quantitative estimate of drug-likeness (QED) is 0.0483. The van der Waals surface area contributed by atoms with Gasteiger partial charge in [-0.25, -0.2) is 0 Å². The first kappa shape index (κ1) is 44.1. The van der Waals surface area contributed by atoms with Crippen LogP contribution >= 0.6 is 0 Å². The molecular weight excluding hydrogens is 566 g/mol. The molecule has 0 heterocycles. The second-order valence-corrected chi connectivity index (χ2v) is 13.0. The third kappa shape index (κ3) is 33.5. The van der Waals surface area contributed by atoms with Crippen molar-refractivity contribution in [2.75, 3.05) is 6.61 Å². The Hall–Kier alpha value is -1.91. The van der Waals surface area contributed by atoms with Crippen LogP contribution in [0.1, 0.15) is 181 Å². The van der Waals surface area contributed by atoms with E-state index in [1.54, 1.807) is 0 Å². The van der Waals surface area contributed by atoms with Gasteiger partial charge in [-0.3, -0.25) is 4.79 Å². The lowest BCUT2D eigenvalue weighted by Crippen LogP contribution is -2.45. The van der Waals surface area contributed by atoms with Gasteiger partial charge >= 0.3 is 0 Å². The number of hydrogen-bond donors (Lipinski definition) is 3. The summed E-state index contributed by atoms with van der Waals surface area (Å²) >= 11 is 0. The van der Waals surface area contributed by atoms with E-state index in [1.807, 2.05) is 0 Å². The first-order chi connectivity index (χ1) is 22.7. The maximum absolute atomic E-state index is 12.3. The van der Waals surface area contributed by atoms with Crippen LogP contribution in [0.5, 0.6) is 0 Å². The van der Waals surface area contributed by atoms with E-state index < -0.39 is 12.1 Å². The van der Waals surface area contributed by atoms with Gasteiger partial charge in [-0.15, -0.1) is 0 Å². The molecule has 0 aliphatic heterocycles. The molecular formula is C42H75NO3. The van der Waals surface area contributed by atoms with Crippen molar-refractivity contribution >= 4 is 5.91 Å². The zero-order valence-corrected chi connectivity index (χ0v) is 30.3. The molecule has 0 saturated carbocycles. The molecule has 4 nitrogen and oxygen atoms in total. The van der Waals surface area contributed by atoms with Gasteiger partial charge in [-0.2, -0.15) is 0 Å². The number of aliphatic hydroxyl groups is 2. The van der Waals surface area contributed by atoms with Crippen molar-refractivity contribution in [3.63, 3.8) is 0 Å². The predicted molar refractivity (Wildman–Crippen MR) is 202 cm³/mol. The van der Waals surface area contributed by atoms with E-state index in [1.165, 1.54) is 96.3 Å². The molecule has 0 bridgehead atoms. The van der Waals surface area contributed by atoms with Crippen molar-refractivity contribution in [3.05, 3.63) is 60.8 Å². The largest absolute Gasteiger partial charge is 0.394 e. The Bertz CT molecular complexity index is 782. The molecule has 2 atom stereocenters. The number of allylic oxidation sites excluding steroid dienone is 10. The highest BCUT2D eigenvalue weighted by Gasteiger charge is 2.19. The normalized spacial score (nSPS) is 13.7. The number of aliphatic hydroxyl groups excluding tert-OH is 2. The van der Waals surface area contributed by atoms with Gasteiger partial charge in [0, 0.05) is 6.42 Å². The fourth-order valence-corrected chi connectivity index (χ4v) is 5.46. The Labute approximate surface area is 286 Å². The minimum atomic E-state index is -0.705. The van der Waals surface area contributed by atoms with Crippen LogP contribution in [-0.4, -0.2) is 34.9 Å². The van der Waals surface area contributed by atoms with Crippen LogP contribution < -0.4 is 5.32 Å². The van der Waals surface area contributed by atoms with Crippen LogP contribution in [0.2, 0.25) is 0 Å². The summed E-state index contributed by atoms with van der Waals surface area (Å²) in [5.41, 5.74) is 0. The van der Waals surface area contributed by atoms with Crippen molar-refractivity contribution in [1.29, 1.82) is 0 Å².